The Labute approximate surface area is 120 Å². The van der Waals surface area contributed by atoms with Crippen molar-refractivity contribution in [3.8, 4) is 0 Å². The molecule has 3 aromatic heterocycles. The fourth-order valence-electron chi connectivity index (χ4n) is 2.37. The molecular weight excluding hydrogens is 246 g/mol. The number of rotatable bonds is 2. The fourth-order valence-corrected chi connectivity index (χ4v) is 2.37. The summed E-state index contributed by atoms with van der Waals surface area (Å²) in [6.07, 6.45) is 4.72. The first-order valence-electron chi connectivity index (χ1n) is 7.13. The van der Waals surface area contributed by atoms with Gasteiger partial charge in [0.2, 0.25) is 0 Å². The summed E-state index contributed by atoms with van der Waals surface area (Å²) >= 11 is 0. The van der Waals surface area contributed by atoms with E-state index in [1.54, 1.807) is 0 Å². The highest BCUT2D eigenvalue weighted by Gasteiger charge is 2.10. The van der Waals surface area contributed by atoms with Gasteiger partial charge in [-0.25, -0.2) is 9.97 Å². The van der Waals surface area contributed by atoms with E-state index >= 15 is 0 Å². The maximum absolute atomic E-state index is 4.61. The van der Waals surface area contributed by atoms with Crippen molar-refractivity contribution in [1.29, 1.82) is 0 Å². The van der Waals surface area contributed by atoms with Crippen LogP contribution in [0.5, 0.6) is 0 Å². The van der Waals surface area contributed by atoms with Crippen molar-refractivity contribution < 1.29 is 0 Å². The second kappa shape index (κ2) is 5.87. The third kappa shape index (κ3) is 2.20. The maximum Gasteiger partial charge on any atom is 0.113 e. The zero-order valence-electron chi connectivity index (χ0n) is 12.6. The monoisotopic (exact) mass is 267 g/mol. The molecule has 0 spiro atoms. The van der Waals surface area contributed by atoms with Crippen LogP contribution in [0.15, 0.2) is 31.1 Å². The molecule has 0 fully saturated rings. The second-order valence-electron chi connectivity index (χ2n) is 4.43. The summed E-state index contributed by atoms with van der Waals surface area (Å²) < 4.78 is 2.07. The van der Waals surface area contributed by atoms with Crippen LogP contribution in [0.2, 0.25) is 0 Å². The number of nitrogens with zero attached hydrogens (tertiary/aromatic N) is 3. The summed E-state index contributed by atoms with van der Waals surface area (Å²) in [5.74, 6) is 0. The van der Waals surface area contributed by atoms with E-state index in [1.807, 2.05) is 45.3 Å². The highest BCUT2D eigenvalue weighted by molar-refractivity contribution is 5.91. The maximum atomic E-state index is 4.61. The third-order valence-corrected chi connectivity index (χ3v) is 3.30. The average molecular weight is 267 g/mol. The van der Waals surface area contributed by atoms with Crippen LogP contribution in [0.1, 0.15) is 37.7 Å². The van der Waals surface area contributed by atoms with E-state index in [0.717, 1.165) is 34.4 Å². The standard InChI is InChI=1S/C15H15N3.C2H6/c1-4-11-8-14-15-12(7-6-10(3)17-15)16-9-18(14)13(11)5-2;1-2/h5-9H,2,4H2,1,3H3;1-2H3. The van der Waals surface area contributed by atoms with E-state index in [9.17, 15) is 0 Å². The molecule has 104 valence electrons. The van der Waals surface area contributed by atoms with Gasteiger partial charge in [-0.15, -0.1) is 0 Å². The molecule has 3 nitrogen and oxygen atoms in total. The Kier molecular flexibility index (Phi) is 4.18. The molecule has 3 aromatic rings. The summed E-state index contributed by atoms with van der Waals surface area (Å²) in [5, 5.41) is 0. The zero-order chi connectivity index (χ0) is 14.7. The van der Waals surface area contributed by atoms with Gasteiger partial charge in [0.15, 0.2) is 0 Å². The molecular formula is C17H21N3. The molecule has 0 amide bonds. The van der Waals surface area contributed by atoms with Gasteiger partial charge in [0, 0.05) is 11.4 Å². The van der Waals surface area contributed by atoms with Gasteiger partial charge in [0.25, 0.3) is 0 Å². The second-order valence-corrected chi connectivity index (χ2v) is 4.43. The zero-order valence-corrected chi connectivity index (χ0v) is 12.6. The highest BCUT2D eigenvalue weighted by atomic mass is 15.0. The molecule has 3 heteroatoms. The van der Waals surface area contributed by atoms with Crippen molar-refractivity contribution in [1.82, 2.24) is 14.4 Å². The van der Waals surface area contributed by atoms with Crippen LogP contribution >= 0.6 is 0 Å². The van der Waals surface area contributed by atoms with E-state index < -0.39 is 0 Å². The molecule has 0 unspecified atom stereocenters. The van der Waals surface area contributed by atoms with Gasteiger partial charge in [-0.3, -0.25) is 4.40 Å². The first-order valence-corrected chi connectivity index (χ1v) is 7.13. The summed E-state index contributed by atoms with van der Waals surface area (Å²) in [6, 6.07) is 6.20. The fraction of sp³-hybridized carbons (Fsp3) is 0.294. The van der Waals surface area contributed by atoms with Crippen molar-refractivity contribution in [3.63, 3.8) is 0 Å². The lowest BCUT2D eigenvalue weighted by atomic mass is 10.2. The first-order chi connectivity index (χ1) is 9.74. The Morgan fingerprint density at radius 2 is 2.05 bits per heavy atom. The quantitative estimate of drug-likeness (QED) is 0.688. The van der Waals surface area contributed by atoms with E-state index in [-0.39, 0.29) is 0 Å². The Morgan fingerprint density at radius 3 is 2.70 bits per heavy atom. The van der Waals surface area contributed by atoms with Crippen LogP contribution in [-0.4, -0.2) is 14.4 Å². The molecule has 0 N–H and O–H groups in total. The van der Waals surface area contributed by atoms with E-state index in [4.69, 9.17) is 0 Å². The van der Waals surface area contributed by atoms with Crippen molar-refractivity contribution in [2.24, 2.45) is 0 Å². The minimum absolute atomic E-state index is 0.934. The van der Waals surface area contributed by atoms with Crippen molar-refractivity contribution in [2.45, 2.75) is 34.1 Å². The number of fused-ring (bicyclic) bond motifs is 3. The smallest absolute Gasteiger partial charge is 0.113 e. The number of hydrogen-bond acceptors (Lipinski definition) is 2. The predicted octanol–water partition coefficient (Wildman–Crippen LogP) is 4.42. The molecule has 0 radical (unpaired) electrons. The predicted molar refractivity (Wildman–Crippen MR) is 86.0 cm³/mol. The number of aromatic nitrogens is 3. The van der Waals surface area contributed by atoms with Crippen LogP contribution in [-0.2, 0) is 6.42 Å². The van der Waals surface area contributed by atoms with E-state index in [0.29, 0.717) is 0 Å². The van der Waals surface area contributed by atoms with Crippen LogP contribution in [0, 0.1) is 6.92 Å². The summed E-state index contributed by atoms with van der Waals surface area (Å²) in [6.45, 7) is 12.0. The van der Waals surface area contributed by atoms with Crippen LogP contribution < -0.4 is 0 Å². The summed E-state index contributed by atoms with van der Waals surface area (Å²) in [4.78, 5) is 9.07. The van der Waals surface area contributed by atoms with Gasteiger partial charge in [-0.05, 0) is 43.2 Å². The molecule has 0 aromatic carbocycles. The summed E-state index contributed by atoms with van der Waals surface area (Å²) in [7, 11) is 0. The van der Waals surface area contributed by atoms with Crippen molar-refractivity contribution in [3.05, 3.63) is 48.1 Å². The third-order valence-electron chi connectivity index (χ3n) is 3.30. The van der Waals surface area contributed by atoms with Gasteiger partial charge in [-0.2, -0.15) is 0 Å². The summed E-state index contributed by atoms with van der Waals surface area (Å²) in [5.41, 5.74) is 6.41. The lowest BCUT2D eigenvalue weighted by Gasteiger charge is -2.03. The van der Waals surface area contributed by atoms with Crippen molar-refractivity contribution >= 4 is 22.6 Å². The van der Waals surface area contributed by atoms with Gasteiger partial charge in [-0.1, -0.05) is 27.4 Å². The number of hydrogen-bond donors (Lipinski definition) is 0. The average Bonchev–Trinajstić information content (AvgIpc) is 2.87. The molecule has 0 saturated carbocycles. The molecule has 3 heterocycles. The largest absolute Gasteiger partial charge is 0.299 e. The highest BCUT2D eigenvalue weighted by Crippen LogP contribution is 2.23. The van der Waals surface area contributed by atoms with Gasteiger partial charge >= 0.3 is 0 Å². The van der Waals surface area contributed by atoms with E-state index in [2.05, 4.69) is 33.9 Å². The molecule has 0 aliphatic heterocycles. The van der Waals surface area contributed by atoms with Gasteiger partial charge in [0.05, 0.1) is 11.0 Å². The van der Waals surface area contributed by atoms with Gasteiger partial charge in [0.1, 0.15) is 11.8 Å². The van der Waals surface area contributed by atoms with E-state index in [1.165, 1.54) is 5.56 Å². The normalized spacial score (nSPS) is 10.4. The lowest BCUT2D eigenvalue weighted by Crippen LogP contribution is -1.94. The molecule has 0 atom stereocenters. The van der Waals surface area contributed by atoms with Crippen molar-refractivity contribution in [2.75, 3.05) is 0 Å². The molecule has 0 saturated heterocycles. The Balaban J connectivity index is 0.000000704. The number of pyridine rings is 1. The Morgan fingerprint density at radius 1 is 1.30 bits per heavy atom. The molecule has 0 aliphatic carbocycles. The first kappa shape index (κ1) is 14.3. The molecule has 0 bridgehead atoms. The minimum atomic E-state index is 0.934. The molecule has 20 heavy (non-hydrogen) atoms. The Bertz CT molecular complexity index is 754. The van der Waals surface area contributed by atoms with Crippen LogP contribution in [0.3, 0.4) is 0 Å². The number of aryl methyl sites for hydroxylation is 2. The molecule has 3 rings (SSSR count). The van der Waals surface area contributed by atoms with Crippen LogP contribution in [0.4, 0.5) is 0 Å². The Hall–Kier alpha value is -2.16. The van der Waals surface area contributed by atoms with Gasteiger partial charge < -0.3 is 0 Å². The minimum Gasteiger partial charge on any atom is -0.299 e. The topological polar surface area (TPSA) is 30.2 Å². The SMILES string of the molecule is C=Cc1c(CC)cc2c3nc(C)ccc3ncn12.CC. The van der Waals surface area contributed by atoms with Crippen LogP contribution in [0.25, 0.3) is 22.6 Å². The lowest BCUT2D eigenvalue weighted by molar-refractivity contribution is 1.06. The molecule has 0 aliphatic rings.